The molecule has 0 saturated carbocycles. The van der Waals surface area contributed by atoms with Crippen molar-refractivity contribution >= 4 is 23.3 Å². The normalized spacial score (nSPS) is 12.0. The van der Waals surface area contributed by atoms with Gasteiger partial charge in [-0.2, -0.15) is 0 Å². The summed E-state index contributed by atoms with van der Waals surface area (Å²) < 4.78 is 0. The van der Waals surface area contributed by atoms with Gasteiger partial charge in [0.2, 0.25) is 0 Å². The number of carboxylic acid groups (broad SMARTS) is 1. The number of halogens is 1. The van der Waals surface area contributed by atoms with Gasteiger partial charge in [0, 0.05) is 11.7 Å². The number of carbonyl (C=O) groups is 1. The van der Waals surface area contributed by atoms with Crippen LogP contribution in [-0.4, -0.2) is 11.1 Å². The number of rotatable bonds is 5. The van der Waals surface area contributed by atoms with Crippen LogP contribution in [0.2, 0.25) is 5.02 Å². The van der Waals surface area contributed by atoms with E-state index in [-0.39, 0.29) is 16.6 Å². The standard InChI is InChI=1S/C17H18ClNO2/c1-3-12-4-6-13(7-5-12)11(2)19-14-8-9-16(18)15(10-14)17(20)21/h4-11,19H,3H2,1-2H3,(H,20,21). The number of nitrogens with one attached hydrogen (secondary N) is 1. The van der Waals surface area contributed by atoms with E-state index in [2.05, 4.69) is 36.5 Å². The van der Waals surface area contributed by atoms with E-state index in [1.807, 2.05) is 6.92 Å². The summed E-state index contributed by atoms with van der Waals surface area (Å²) >= 11 is 5.87. The van der Waals surface area contributed by atoms with Crippen molar-refractivity contribution < 1.29 is 9.90 Å². The highest BCUT2D eigenvalue weighted by Gasteiger charge is 2.11. The number of aryl methyl sites for hydroxylation is 1. The predicted octanol–water partition coefficient (Wildman–Crippen LogP) is 4.77. The molecular weight excluding hydrogens is 286 g/mol. The van der Waals surface area contributed by atoms with Gasteiger partial charge in [0.15, 0.2) is 0 Å². The molecule has 0 amide bonds. The molecule has 0 aromatic heterocycles. The molecule has 2 N–H and O–H groups in total. The number of hydrogen-bond donors (Lipinski definition) is 2. The Morgan fingerprint density at radius 1 is 1.24 bits per heavy atom. The summed E-state index contributed by atoms with van der Waals surface area (Å²) in [6.45, 7) is 4.16. The molecule has 21 heavy (non-hydrogen) atoms. The molecule has 0 aliphatic carbocycles. The van der Waals surface area contributed by atoms with E-state index in [0.717, 1.165) is 17.7 Å². The van der Waals surface area contributed by atoms with Gasteiger partial charge in [0.1, 0.15) is 0 Å². The first-order valence-electron chi connectivity index (χ1n) is 6.89. The van der Waals surface area contributed by atoms with Crippen molar-refractivity contribution in [2.75, 3.05) is 5.32 Å². The number of benzene rings is 2. The van der Waals surface area contributed by atoms with Crippen molar-refractivity contribution in [1.82, 2.24) is 0 Å². The molecule has 2 aromatic rings. The molecular formula is C17H18ClNO2. The number of anilines is 1. The fraction of sp³-hybridized carbons (Fsp3) is 0.235. The van der Waals surface area contributed by atoms with E-state index < -0.39 is 5.97 Å². The summed E-state index contributed by atoms with van der Waals surface area (Å²) in [6, 6.07) is 13.4. The molecule has 2 aromatic carbocycles. The first-order chi connectivity index (χ1) is 10.0. The SMILES string of the molecule is CCc1ccc(C(C)Nc2ccc(Cl)c(C(=O)O)c2)cc1. The van der Waals surface area contributed by atoms with Crippen LogP contribution in [0.15, 0.2) is 42.5 Å². The van der Waals surface area contributed by atoms with Crippen LogP contribution in [0, 0.1) is 0 Å². The van der Waals surface area contributed by atoms with Gasteiger partial charge in [-0.3, -0.25) is 0 Å². The molecule has 0 saturated heterocycles. The molecule has 0 radical (unpaired) electrons. The van der Waals surface area contributed by atoms with E-state index in [9.17, 15) is 4.79 Å². The average molecular weight is 304 g/mol. The Labute approximate surface area is 129 Å². The van der Waals surface area contributed by atoms with Crippen molar-refractivity contribution in [3.05, 3.63) is 64.2 Å². The fourth-order valence-electron chi connectivity index (χ4n) is 2.15. The third kappa shape index (κ3) is 3.76. The second-order valence-electron chi connectivity index (χ2n) is 4.96. The van der Waals surface area contributed by atoms with Gasteiger partial charge in [0.25, 0.3) is 0 Å². The maximum atomic E-state index is 11.1. The molecule has 2 rings (SSSR count). The van der Waals surface area contributed by atoms with Crippen molar-refractivity contribution in [2.45, 2.75) is 26.3 Å². The van der Waals surface area contributed by atoms with Crippen molar-refractivity contribution in [2.24, 2.45) is 0 Å². The third-order valence-electron chi connectivity index (χ3n) is 3.47. The lowest BCUT2D eigenvalue weighted by atomic mass is 10.0. The topological polar surface area (TPSA) is 49.3 Å². The number of hydrogen-bond acceptors (Lipinski definition) is 2. The zero-order chi connectivity index (χ0) is 15.4. The molecule has 0 heterocycles. The van der Waals surface area contributed by atoms with Gasteiger partial charge in [-0.05, 0) is 42.7 Å². The van der Waals surface area contributed by atoms with Crippen LogP contribution in [0.4, 0.5) is 5.69 Å². The molecule has 3 nitrogen and oxygen atoms in total. The molecule has 0 aliphatic heterocycles. The van der Waals surface area contributed by atoms with Crippen LogP contribution >= 0.6 is 11.6 Å². The highest BCUT2D eigenvalue weighted by molar-refractivity contribution is 6.33. The summed E-state index contributed by atoms with van der Waals surface area (Å²) in [5.41, 5.74) is 3.30. The van der Waals surface area contributed by atoms with Crippen LogP contribution in [-0.2, 0) is 6.42 Å². The molecule has 110 valence electrons. The Morgan fingerprint density at radius 2 is 1.90 bits per heavy atom. The lowest BCUT2D eigenvalue weighted by Crippen LogP contribution is -2.08. The lowest BCUT2D eigenvalue weighted by molar-refractivity contribution is 0.0697. The second kappa shape index (κ2) is 6.64. The third-order valence-corrected chi connectivity index (χ3v) is 3.80. The summed E-state index contributed by atoms with van der Waals surface area (Å²) in [5, 5.41) is 12.6. The highest BCUT2D eigenvalue weighted by Crippen LogP contribution is 2.24. The molecule has 0 bridgehead atoms. The van der Waals surface area contributed by atoms with Crippen LogP contribution < -0.4 is 5.32 Å². The van der Waals surface area contributed by atoms with E-state index in [1.54, 1.807) is 18.2 Å². The first kappa shape index (κ1) is 15.4. The lowest BCUT2D eigenvalue weighted by Gasteiger charge is -2.16. The zero-order valence-corrected chi connectivity index (χ0v) is 12.8. The summed E-state index contributed by atoms with van der Waals surface area (Å²) in [7, 11) is 0. The Balaban J connectivity index is 2.16. The second-order valence-corrected chi connectivity index (χ2v) is 5.37. The van der Waals surface area contributed by atoms with Gasteiger partial charge in [-0.25, -0.2) is 4.79 Å². The molecule has 4 heteroatoms. The molecule has 0 aliphatic rings. The summed E-state index contributed by atoms with van der Waals surface area (Å²) in [5.74, 6) is -1.02. The van der Waals surface area contributed by atoms with Gasteiger partial charge < -0.3 is 10.4 Å². The number of aromatic carboxylic acids is 1. The minimum Gasteiger partial charge on any atom is -0.478 e. The van der Waals surface area contributed by atoms with Crippen molar-refractivity contribution in [3.63, 3.8) is 0 Å². The molecule has 0 fully saturated rings. The van der Waals surface area contributed by atoms with Crippen LogP contribution in [0.25, 0.3) is 0 Å². The predicted molar refractivity (Wildman–Crippen MR) is 86.3 cm³/mol. The summed E-state index contributed by atoms with van der Waals surface area (Å²) in [6.07, 6.45) is 1.02. The molecule has 1 unspecified atom stereocenters. The smallest absolute Gasteiger partial charge is 0.337 e. The average Bonchev–Trinajstić information content (AvgIpc) is 2.49. The minimum atomic E-state index is -1.02. The molecule has 0 spiro atoms. The van der Waals surface area contributed by atoms with Crippen LogP contribution in [0.1, 0.15) is 41.4 Å². The van der Waals surface area contributed by atoms with Gasteiger partial charge in [-0.15, -0.1) is 0 Å². The maximum Gasteiger partial charge on any atom is 0.337 e. The van der Waals surface area contributed by atoms with E-state index in [1.165, 1.54) is 5.56 Å². The Bertz CT molecular complexity index is 638. The van der Waals surface area contributed by atoms with Gasteiger partial charge in [-0.1, -0.05) is 42.8 Å². The van der Waals surface area contributed by atoms with E-state index in [4.69, 9.17) is 16.7 Å². The first-order valence-corrected chi connectivity index (χ1v) is 7.27. The Hall–Kier alpha value is -2.00. The Morgan fingerprint density at radius 3 is 2.48 bits per heavy atom. The number of carboxylic acids is 1. The van der Waals surface area contributed by atoms with Crippen LogP contribution in [0.5, 0.6) is 0 Å². The van der Waals surface area contributed by atoms with Crippen molar-refractivity contribution in [3.8, 4) is 0 Å². The van der Waals surface area contributed by atoms with Gasteiger partial charge >= 0.3 is 5.97 Å². The Kier molecular flexibility index (Phi) is 4.86. The largest absolute Gasteiger partial charge is 0.478 e. The zero-order valence-electron chi connectivity index (χ0n) is 12.1. The van der Waals surface area contributed by atoms with E-state index >= 15 is 0 Å². The highest BCUT2D eigenvalue weighted by atomic mass is 35.5. The quantitative estimate of drug-likeness (QED) is 0.836. The minimum absolute atomic E-state index is 0.0822. The maximum absolute atomic E-state index is 11.1. The van der Waals surface area contributed by atoms with Crippen LogP contribution in [0.3, 0.4) is 0 Å². The fourth-order valence-corrected chi connectivity index (χ4v) is 2.35. The summed E-state index contributed by atoms with van der Waals surface area (Å²) in [4.78, 5) is 11.1. The monoisotopic (exact) mass is 303 g/mol. The van der Waals surface area contributed by atoms with E-state index in [0.29, 0.717) is 0 Å². The van der Waals surface area contributed by atoms with Crippen molar-refractivity contribution in [1.29, 1.82) is 0 Å². The molecule has 1 atom stereocenters. The van der Waals surface area contributed by atoms with Gasteiger partial charge in [0.05, 0.1) is 10.6 Å².